The van der Waals surface area contributed by atoms with Crippen LogP contribution in [0.25, 0.3) is 0 Å². The number of likely N-dealkylation sites (tertiary alicyclic amines) is 1. The molecule has 3 aliphatic heterocycles. The molecule has 51 heavy (non-hydrogen) atoms. The van der Waals surface area contributed by atoms with Crippen molar-refractivity contribution in [1.29, 1.82) is 0 Å². The fourth-order valence-corrected chi connectivity index (χ4v) is 9.66. The highest BCUT2D eigenvalue weighted by molar-refractivity contribution is 7.90. The predicted molar refractivity (Wildman–Crippen MR) is 193 cm³/mol. The Balaban J connectivity index is 1.25. The van der Waals surface area contributed by atoms with Crippen molar-refractivity contribution in [3.8, 4) is 5.75 Å². The minimum atomic E-state index is -4.24. The molecule has 0 radical (unpaired) electrons. The first-order chi connectivity index (χ1) is 24.4. The van der Waals surface area contributed by atoms with Gasteiger partial charge in [0, 0.05) is 49.6 Å². The maximum Gasteiger partial charge on any atom is 0.410 e. The molecule has 2 aromatic carbocycles. The molecule has 0 unspecified atom stereocenters. The lowest BCUT2D eigenvalue weighted by Gasteiger charge is -2.46. The number of hydrogen-bond donors (Lipinski definition) is 1. The lowest BCUT2D eigenvalue weighted by atomic mass is 9.68. The quantitative estimate of drug-likeness (QED) is 0.391. The summed E-state index contributed by atoms with van der Waals surface area (Å²) in [5.74, 6) is -0.0303. The molecule has 7 rings (SSSR count). The van der Waals surface area contributed by atoms with Crippen molar-refractivity contribution >= 4 is 39.3 Å². The summed E-state index contributed by atoms with van der Waals surface area (Å²) in [6.07, 6.45) is 9.03. The largest absolute Gasteiger partial charge is 0.490 e. The third kappa shape index (κ3) is 7.34. The maximum absolute atomic E-state index is 13.7. The third-order valence-corrected chi connectivity index (χ3v) is 13.1. The second-order valence-corrected chi connectivity index (χ2v) is 17.3. The highest BCUT2D eigenvalue weighted by atomic mass is 35.5. The van der Waals surface area contributed by atoms with Crippen LogP contribution in [0.4, 0.5) is 10.5 Å². The Morgan fingerprint density at radius 3 is 2.63 bits per heavy atom. The van der Waals surface area contributed by atoms with E-state index >= 15 is 0 Å². The van der Waals surface area contributed by atoms with Crippen molar-refractivity contribution in [3.05, 3.63) is 64.7 Å². The highest BCUT2D eigenvalue weighted by Crippen LogP contribution is 2.47. The van der Waals surface area contributed by atoms with Gasteiger partial charge in [-0.05, 0) is 112 Å². The van der Waals surface area contributed by atoms with Crippen molar-refractivity contribution in [2.45, 2.75) is 86.9 Å². The molecule has 276 valence electrons. The van der Waals surface area contributed by atoms with Gasteiger partial charge in [0.05, 0.1) is 29.9 Å². The molecule has 2 bridgehead atoms. The zero-order chi connectivity index (χ0) is 36.0. The SMILES string of the molecule is COC1CCN(C(=O)O[C@H]2/C=C\COC(C)(C)C(=O)NS(=O)(=O)c3ccc4c(c3)N(C[C@@H]3CC[C@H]32)C[C@@]2(CCCc3cc(Cl)ccc32)CO4)CC1. The molecule has 1 N–H and O–H groups in total. The molecule has 2 aromatic rings. The number of ether oxygens (including phenoxy) is 4. The van der Waals surface area contributed by atoms with E-state index in [-0.39, 0.29) is 41.0 Å². The van der Waals surface area contributed by atoms with Gasteiger partial charge in [0.2, 0.25) is 0 Å². The van der Waals surface area contributed by atoms with Crippen LogP contribution >= 0.6 is 11.6 Å². The first-order valence-electron chi connectivity index (χ1n) is 18.0. The Morgan fingerprint density at radius 1 is 1.08 bits per heavy atom. The molecule has 2 amide bonds. The van der Waals surface area contributed by atoms with Crippen LogP contribution in [0.15, 0.2) is 53.4 Å². The van der Waals surface area contributed by atoms with E-state index in [0.29, 0.717) is 49.2 Å². The van der Waals surface area contributed by atoms with Gasteiger partial charge in [-0.1, -0.05) is 23.7 Å². The summed E-state index contributed by atoms with van der Waals surface area (Å²) >= 11 is 6.45. The van der Waals surface area contributed by atoms with Gasteiger partial charge in [0.15, 0.2) is 0 Å². The average Bonchev–Trinajstić information content (AvgIpc) is 3.24. The van der Waals surface area contributed by atoms with E-state index in [9.17, 15) is 18.0 Å². The highest BCUT2D eigenvalue weighted by Gasteiger charge is 2.45. The molecule has 1 saturated carbocycles. The van der Waals surface area contributed by atoms with Gasteiger partial charge in [-0.25, -0.2) is 17.9 Å². The topological polar surface area (TPSA) is 124 Å². The van der Waals surface area contributed by atoms with Crippen LogP contribution in [0, 0.1) is 11.8 Å². The molecule has 5 aliphatic rings. The van der Waals surface area contributed by atoms with E-state index in [1.807, 2.05) is 18.2 Å². The summed E-state index contributed by atoms with van der Waals surface area (Å²) in [7, 11) is -2.54. The van der Waals surface area contributed by atoms with Crippen LogP contribution in [0.2, 0.25) is 5.02 Å². The minimum absolute atomic E-state index is 0.0267. The van der Waals surface area contributed by atoms with E-state index in [1.54, 1.807) is 30.2 Å². The van der Waals surface area contributed by atoms with Gasteiger partial charge in [-0.15, -0.1) is 0 Å². The predicted octanol–water partition coefficient (Wildman–Crippen LogP) is 5.63. The fourth-order valence-electron chi connectivity index (χ4n) is 8.35. The van der Waals surface area contributed by atoms with Gasteiger partial charge < -0.3 is 28.7 Å². The Labute approximate surface area is 305 Å². The molecule has 2 aliphatic carbocycles. The monoisotopic (exact) mass is 741 g/mol. The van der Waals surface area contributed by atoms with Crippen LogP contribution in [-0.2, 0) is 40.9 Å². The Hall–Kier alpha value is -3.32. The number of rotatable bonds is 2. The second kappa shape index (κ2) is 14.2. The molecule has 13 heteroatoms. The molecule has 1 saturated heterocycles. The number of carbonyl (C=O) groups is 2. The molecular formula is C38H48ClN3O8S. The van der Waals surface area contributed by atoms with Crippen LogP contribution in [0.5, 0.6) is 5.75 Å². The van der Waals surface area contributed by atoms with Gasteiger partial charge in [0.25, 0.3) is 15.9 Å². The summed E-state index contributed by atoms with van der Waals surface area (Å²) in [5, 5.41) is 0.702. The molecule has 11 nitrogen and oxygen atoms in total. The molecule has 2 fully saturated rings. The first kappa shape index (κ1) is 36.1. The van der Waals surface area contributed by atoms with Gasteiger partial charge in [-0.3, -0.25) is 4.79 Å². The smallest absolute Gasteiger partial charge is 0.410 e. The number of sulfonamides is 1. The van der Waals surface area contributed by atoms with Crippen LogP contribution < -0.4 is 14.4 Å². The van der Waals surface area contributed by atoms with E-state index < -0.39 is 27.6 Å². The third-order valence-electron chi connectivity index (χ3n) is 11.6. The van der Waals surface area contributed by atoms with Crippen LogP contribution in [0.1, 0.15) is 63.5 Å². The second-order valence-electron chi connectivity index (χ2n) is 15.2. The normalized spacial score (nSPS) is 29.7. The average molecular weight is 742 g/mol. The van der Waals surface area contributed by atoms with E-state index in [0.717, 1.165) is 44.9 Å². The molecule has 3 heterocycles. The van der Waals surface area contributed by atoms with Crippen molar-refractivity contribution in [2.24, 2.45) is 11.8 Å². The zero-order valence-electron chi connectivity index (χ0n) is 29.6. The Morgan fingerprint density at radius 2 is 1.88 bits per heavy atom. The number of piperidine rings is 1. The van der Waals surface area contributed by atoms with Crippen molar-refractivity contribution < 1.29 is 37.0 Å². The summed E-state index contributed by atoms with van der Waals surface area (Å²) in [6.45, 7) is 5.85. The number of aryl methyl sites for hydroxylation is 1. The van der Waals surface area contributed by atoms with Crippen molar-refractivity contribution in [2.75, 3.05) is 51.4 Å². The van der Waals surface area contributed by atoms with Crippen LogP contribution in [-0.4, -0.2) is 89.6 Å². The zero-order valence-corrected chi connectivity index (χ0v) is 31.1. The Bertz CT molecular complexity index is 1790. The maximum atomic E-state index is 13.7. The van der Waals surface area contributed by atoms with E-state index in [4.69, 9.17) is 30.5 Å². The number of methoxy groups -OCH3 is 1. The number of halogens is 1. The molecule has 4 atom stereocenters. The van der Waals surface area contributed by atoms with Gasteiger partial charge in [0.1, 0.15) is 17.5 Å². The summed E-state index contributed by atoms with van der Waals surface area (Å²) < 4.78 is 53.8. The molecular weight excluding hydrogens is 694 g/mol. The summed E-state index contributed by atoms with van der Waals surface area (Å²) in [6, 6.07) is 10.9. The lowest BCUT2D eigenvalue weighted by molar-refractivity contribution is -0.139. The van der Waals surface area contributed by atoms with Crippen LogP contribution in [0.3, 0.4) is 0 Å². The van der Waals surface area contributed by atoms with Crippen molar-refractivity contribution in [1.82, 2.24) is 9.62 Å². The van der Waals surface area contributed by atoms with E-state index in [2.05, 4.69) is 15.7 Å². The minimum Gasteiger partial charge on any atom is -0.490 e. The number of carbonyl (C=O) groups excluding carboxylic acids is 2. The number of amides is 2. The fraction of sp³-hybridized carbons (Fsp3) is 0.579. The number of nitrogens with one attached hydrogen (secondary N) is 1. The van der Waals surface area contributed by atoms with E-state index in [1.165, 1.54) is 31.0 Å². The Kier molecular flexibility index (Phi) is 10.1. The summed E-state index contributed by atoms with van der Waals surface area (Å²) in [5.41, 5.74) is 1.25. The lowest BCUT2D eigenvalue weighted by Crippen LogP contribution is -2.50. The number of hydrogen-bond acceptors (Lipinski definition) is 9. The number of anilines is 1. The number of nitrogens with zero attached hydrogens (tertiary/aromatic N) is 2. The molecule has 1 spiro atoms. The van der Waals surface area contributed by atoms with Crippen molar-refractivity contribution in [3.63, 3.8) is 0 Å². The van der Waals surface area contributed by atoms with Gasteiger partial charge in [-0.2, -0.15) is 0 Å². The molecule has 0 aromatic heterocycles. The summed E-state index contributed by atoms with van der Waals surface area (Å²) in [4.78, 5) is 30.8. The van der Waals surface area contributed by atoms with Gasteiger partial charge >= 0.3 is 6.09 Å². The standard InChI is InChI=1S/C38H48ClN3O8S/c1-37(2)35(43)40-51(45,46)29-10-13-34-32(21-29)42(23-38(24-48-34)16-4-6-25-20-27(39)9-12-31(25)38)22-26-8-11-30(26)33(7-5-19-49-37)50-36(44)41-17-14-28(47-3)15-18-41/h5,7,9-10,12-13,20-21,26,28,30,33H,4,6,8,11,14-19,22-24H2,1-3H3,(H,40,43)/b7-5-/t26-,30+,33-,38-/m0/s1. The number of fused-ring (bicyclic) bond motifs is 4. The first-order valence-corrected chi connectivity index (χ1v) is 19.9. The number of benzene rings is 2.